The monoisotopic (exact) mass is 332 g/mol. The van der Waals surface area contributed by atoms with E-state index < -0.39 is 10.4 Å². The molecule has 0 spiro atoms. The highest BCUT2D eigenvalue weighted by molar-refractivity contribution is 7.82. The standard InChI is InChI=1S/C8H8.C6H6.C4H6O4S/c1-2-8-6-4-3-5-7-8;1-2-4-6-5-3-1;1-3-7-9(5,6)8-4-2/h2-7H,1H2;1-6H;3-4H,1-2H2. The molecule has 0 aliphatic heterocycles. The van der Waals surface area contributed by atoms with Gasteiger partial charge in [0.25, 0.3) is 0 Å². The Morgan fingerprint density at radius 2 is 1.04 bits per heavy atom. The van der Waals surface area contributed by atoms with Gasteiger partial charge in [-0.05, 0) is 5.56 Å². The quantitative estimate of drug-likeness (QED) is 0.753. The molecule has 0 fully saturated rings. The summed E-state index contributed by atoms with van der Waals surface area (Å²) in [4.78, 5) is 0. The van der Waals surface area contributed by atoms with Gasteiger partial charge in [0.2, 0.25) is 0 Å². The van der Waals surface area contributed by atoms with Crippen LogP contribution in [0.15, 0.2) is 99.0 Å². The lowest BCUT2D eigenvalue weighted by atomic mass is 10.2. The van der Waals surface area contributed by atoms with Crippen LogP contribution in [0.2, 0.25) is 0 Å². The van der Waals surface area contributed by atoms with Gasteiger partial charge in [0, 0.05) is 0 Å². The first-order valence-corrected chi connectivity index (χ1v) is 7.90. The average molecular weight is 332 g/mol. The lowest BCUT2D eigenvalue weighted by Crippen LogP contribution is -2.01. The molecule has 0 bridgehead atoms. The maximum Gasteiger partial charge on any atom is 0.499 e. The third-order valence-corrected chi connectivity index (χ3v) is 2.82. The van der Waals surface area contributed by atoms with Gasteiger partial charge in [-0.25, -0.2) is 0 Å². The first kappa shape index (κ1) is 20.2. The molecule has 4 nitrogen and oxygen atoms in total. The van der Waals surface area contributed by atoms with Crippen molar-refractivity contribution in [1.29, 1.82) is 0 Å². The first-order chi connectivity index (χ1) is 11.1. The van der Waals surface area contributed by atoms with E-state index in [0.717, 1.165) is 12.5 Å². The summed E-state index contributed by atoms with van der Waals surface area (Å²) in [5, 5.41) is 0. The van der Waals surface area contributed by atoms with E-state index in [4.69, 9.17) is 0 Å². The minimum absolute atomic E-state index is 0.749. The minimum atomic E-state index is -3.92. The van der Waals surface area contributed by atoms with Crippen LogP contribution >= 0.6 is 0 Å². The van der Waals surface area contributed by atoms with Gasteiger partial charge in [0.15, 0.2) is 0 Å². The summed E-state index contributed by atoms with van der Waals surface area (Å²) < 4.78 is 28.3. The Labute approximate surface area is 138 Å². The summed E-state index contributed by atoms with van der Waals surface area (Å²) in [5.74, 6) is 0. The third-order valence-electron chi connectivity index (χ3n) is 2.07. The molecule has 2 aromatic carbocycles. The van der Waals surface area contributed by atoms with E-state index in [-0.39, 0.29) is 0 Å². The molecule has 0 amide bonds. The van der Waals surface area contributed by atoms with E-state index in [1.54, 1.807) is 0 Å². The Kier molecular flexibility index (Phi) is 11.3. The van der Waals surface area contributed by atoms with Crippen LogP contribution in [0.1, 0.15) is 5.56 Å². The summed E-state index contributed by atoms with van der Waals surface area (Å²) in [6.45, 7) is 9.66. The second-order valence-electron chi connectivity index (χ2n) is 3.70. The Morgan fingerprint density at radius 1 is 0.696 bits per heavy atom. The second-order valence-corrected chi connectivity index (χ2v) is 4.90. The van der Waals surface area contributed by atoms with Crippen LogP contribution in [0.5, 0.6) is 0 Å². The molecule has 0 unspecified atom stereocenters. The maximum atomic E-state index is 10.2. The fraction of sp³-hybridized carbons (Fsp3) is 0. The van der Waals surface area contributed by atoms with Crippen molar-refractivity contribution in [2.45, 2.75) is 0 Å². The Hall–Kier alpha value is -2.79. The van der Waals surface area contributed by atoms with Gasteiger partial charge < -0.3 is 8.37 Å². The fourth-order valence-electron chi connectivity index (χ4n) is 1.16. The molecular weight excluding hydrogens is 312 g/mol. The molecule has 5 heteroatoms. The van der Waals surface area contributed by atoms with E-state index in [0.29, 0.717) is 0 Å². The van der Waals surface area contributed by atoms with Crippen LogP contribution in [-0.2, 0) is 18.8 Å². The molecule has 122 valence electrons. The molecule has 0 heterocycles. The van der Waals surface area contributed by atoms with Gasteiger partial charge in [-0.3, -0.25) is 0 Å². The molecule has 0 aliphatic carbocycles. The van der Waals surface area contributed by atoms with Crippen LogP contribution in [-0.4, -0.2) is 8.42 Å². The third kappa shape index (κ3) is 12.6. The summed E-state index contributed by atoms with van der Waals surface area (Å²) in [5.41, 5.74) is 1.17. The highest BCUT2D eigenvalue weighted by Gasteiger charge is 2.05. The molecule has 0 aliphatic rings. The van der Waals surface area contributed by atoms with Gasteiger partial charge in [0.1, 0.15) is 12.5 Å². The van der Waals surface area contributed by atoms with Gasteiger partial charge in [-0.1, -0.05) is 92.5 Å². The van der Waals surface area contributed by atoms with Crippen molar-refractivity contribution in [1.82, 2.24) is 0 Å². The summed E-state index contributed by atoms with van der Waals surface area (Å²) in [7, 11) is -3.92. The lowest BCUT2D eigenvalue weighted by Gasteiger charge is -1.96. The van der Waals surface area contributed by atoms with Crippen LogP contribution in [0.25, 0.3) is 6.08 Å². The van der Waals surface area contributed by atoms with Gasteiger partial charge >= 0.3 is 10.4 Å². The maximum absolute atomic E-state index is 10.2. The first-order valence-electron chi connectivity index (χ1n) is 6.56. The van der Waals surface area contributed by atoms with Crippen LogP contribution < -0.4 is 0 Å². The van der Waals surface area contributed by atoms with E-state index >= 15 is 0 Å². The van der Waals surface area contributed by atoms with Crippen LogP contribution in [0.4, 0.5) is 0 Å². The van der Waals surface area contributed by atoms with Crippen molar-refractivity contribution < 1.29 is 16.8 Å². The molecule has 0 atom stereocenters. The van der Waals surface area contributed by atoms with Crippen molar-refractivity contribution in [3.8, 4) is 0 Å². The molecule has 0 saturated carbocycles. The van der Waals surface area contributed by atoms with Crippen molar-refractivity contribution in [3.63, 3.8) is 0 Å². The van der Waals surface area contributed by atoms with E-state index in [2.05, 4.69) is 28.1 Å². The molecular formula is C18H20O4S. The average Bonchev–Trinajstić information content (AvgIpc) is 2.58. The van der Waals surface area contributed by atoms with E-state index in [1.807, 2.05) is 72.8 Å². The predicted molar refractivity (Wildman–Crippen MR) is 94.5 cm³/mol. The minimum Gasteiger partial charge on any atom is -0.361 e. The Morgan fingerprint density at radius 3 is 1.30 bits per heavy atom. The largest absolute Gasteiger partial charge is 0.499 e. The lowest BCUT2D eigenvalue weighted by molar-refractivity contribution is 0.337. The SMILES string of the molecule is C=COS(=O)(=O)OC=C.C=Cc1ccccc1.c1ccccc1. The van der Waals surface area contributed by atoms with Gasteiger partial charge in [0.05, 0.1) is 0 Å². The van der Waals surface area contributed by atoms with Gasteiger partial charge in [-0.2, -0.15) is 0 Å². The number of hydrogen-bond donors (Lipinski definition) is 0. The van der Waals surface area contributed by atoms with Crippen LogP contribution in [0, 0.1) is 0 Å². The zero-order valence-electron chi connectivity index (χ0n) is 12.7. The van der Waals surface area contributed by atoms with Gasteiger partial charge in [-0.15, -0.1) is 8.42 Å². The molecule has 0 aromatic heterocycles. The Balaban J connectivity index is 0.000000321. The molecule has 23 heavy (non-hydrogen) atoms. The zero-order valence-corrected chi connectivity index (χ0v) is 13.6. The van der Waals surface area contributed by atoms with Crippen molar-refractivity contribution in [3.05, 3.63) is 105 Å². The fourth-order valence-corrected chi connectivity index (χ4v) is 1.54. The highest BCUT2D eigenvalue weighted by atomic mass is 32.3. The molecule has 2 aromatic rings. The summed E-state index contributed by atoms with van der Waals surface area (Å²) in [6.07, 6.45) is 3.33. The molecule has 2 rings (SSSR count). The summed E-state index contributed by atoms with van der Waals surface area (Å²) >= 11 is 0. The molecule has 0 N–H and O–H groups in total. The predicted octanol–water partition coefficient (Wildman–Crippen LogP) is 4.57. The number of rotatable bonds is 5. The topological polar surface area (TPSA) is 52.6 Å². The van der Waals surface area contributed by atoms with E-state index in [9.17, 15) is 8.42 Å². The normalized spacial score (nSPS) is 8.87. The number of hydrogen-bond acceptors (Lipinski definition) is 4. The van der Waals surface area contributed by atoms with Crippen molar-refractivity contribution in [2.75, 3.05) is 0 Å². The second kappa shape index (κ2) is 12.9. The van der Waals surface area contributed by atoms with Crippen LogP contribution in [0.3, 0.4) is 0 Å². The summed E-state index contributed by atoms with van der Waals surface area (Å²) in [6, 6.07) is 22.0. The molecule has 0 radical (unpaired) electrons. The zero-order chi connectivity index (χ0) is 17.4. The smallest absolute Gasteiger partial charge is 0.361 e. The van der Waals surface area contributed by atoms with Crippen molar-refractivity contribution >= 4 is 16.5 Å². The number of benzene rings is 2. The molecule has 0 saturated heterocycles. The van der Waals surface area contributed by atoms with Crippen molar-refractivity contribution in [2.24, 2.45) is 0 Å². The van der Waals surface area contributed by atoms with E-state index in [1.165, 1.54) is 5.56 Å². The highest BCUT2D eigenvalue weighted by Crippen LogP contribution is 1.97. The Bertz CT molecular complexity index is 607.